The molecule has 0 bridgehead atoms. The van der Waals surface area contributed by atoms with Crippen LogP contribution in [0.5, 0.6) is 0 Å². The van der Waals surface area contributed by atoms with Gasteiger partial charge in [-0.15, -0.1) is 0 Å². The third-order valence-electron chi connectivity index (χ3n) is 9.31. The first-order valence-electron chi connectivity index (χ1n) is 16.0. The predicted molar refractivity (Wildman–Crippen MR) is 200 cm³/mol. The molecule has 0 saturated heterocycles. The van der Waals surface area contributed by atoms with Crippen molar-refractivity contribution in [2.24, 2.45) is 0 Å². The van der Waals surface area contributed by atoms with Crippen molar-refractivity contribution in [3.63, 3.8) is 0 Å². The fraction of sp³-hybridized carbons (Fsp3) is 0. The maximum atomic E-state index is 8.86. The van der Waals surface area contributed by atoms with E-state index in [0.29, 0.717) is 0 Å². The molecule has 7 aromatic carbocycles. The van der Waals surface area contributed by atoms with E-state index in [4.69, 9.17) is 15.2 Å². The largest absolute Gasteiger partial charge is 0.456 e. The monoisotopic (exact) mass is 615 g/mol. The molecule has 0 aliphatic heterocycles. The first-order chi connectivity index (χ1) is 23.6. The molecule has 4 heteroatoms. The Balaban J connectivity index is 1.31. The molecular weight excluding hydrogens is 587 g/mol. The fourth-order valence-electron chi connectivity index (χ4n) is 7.04. The lowest BCUT2D eigenvalue weighted by Gasteiger charge is -2.29. The summed E-state index contributed by atoms with van der Waals surface area (Å²) in [6, 6.07) is 52.8. The number of nitrogens with one attached hydrogen (secondary N) is 2. The molecule has 4 nitrogen and oxygen atoms in total. The number of hydrogen-bond donors (Lipinski definition) is 2. The zero-order valence-corrected chi connectivity index (χ0v) is 25.9. The highest BCUT2D eigenvalue weighted by atomic mass is 16.3. The van der Waals surface area contributed by atoms with E-state index in [2.05, 4.69) is 126 Å². The van der Waals surface area contributed by atoms with E-state index in [1.807, 2.05) is 36.4 Å². The second kappa shape index (κ2) is 11.1. The van der Waals surface area contributed by atoms with Crippen LogP contribution in [-0.2, 0) is 0 Å². The van der Waals surface area contributed by atoms with E-state index in [1.54, 1.807) is 6.08 Å². The Kier molecular flexibility index (Phi) is 6.41. The van der Waals surface area contributed by atoms with E-state index >= 15 is 0 Å². The summed E-state index contributed by atoms with van der Waals surface area (Å²) in [5.41, 5.74) is 11.3. The summed E-state index contributed by atoms with van der Waals surface area (Å²) in [6.07, 6.45) is 3.64. The maximum Gasteiger partial charge on any atom is 0.137 e. The average Bonchev–Trinajstić information content (AvgIpc) is 3.51. The number of para-hydroxylation sites is 2. The van der Waals surface area contributed by atoms with Gasteiger partial charge in [-0.3, -0.25) is 10.8 Å². The summed E-state index contributed by atoms with van der Waals surface area (Å²) in [6.45, 7) is 0. The van der Waals surface area contributed by atoms with Gasteiger partial charge in [0.1, 0.15) is 11.2 Å². The first-order valence-corrected chi connectivity index (χ1v) is 16.0. The molecule has 226 valence electrons. The van der Waals surface area contributed by atoms with Crippen LogP contribution in [0.3, 0.4) is 0 Å². The number of rotatable bonds is 5. The summed E-state index contributed by atoms with van der Waals surface area (Å²) in [5.74, 6) is 0. The fourth-order valence-corrected chi connectivity index (χ4v) is 7.04. The summed E-state index contributed by atoms with van der Waals surface area (Å²) in [5, 5.41) is 21.4. The highest BCUT2D eigenvalue weighted by Crippen LogP contribution is 2.45. The van der Waals surface area contributed by atoms with Gasteiger partial charge in [0.05, 0.1) is 17.1 Å². The van der Waals surface area contributed by atoms with Crippen LogP contribution in [-0.4, -0.2) is 11.4 Å². The molecule has 2 N–H and O–H groups in total. The molecule has 1 heterocycles. The van der Waals surface area contributed by atoms with E-state index < -0.39 is 0 Å². The van der Waals surface area contributed by atoms with Crippen LogP contribution in [0.15, 0.2) is 162 Å². The molecule has 0 unspecified atom stereocenters. The molecule has 9 rings (SSSR count). The first kappa shape index (κ1) is 27.8. The lowest BCUT2D eigenvalue weighted by molar-refractivity contribution is 0.669. The maximum absolute atomic E-state index is 8.86. The van der Waals surface area contributed by atoms with Crippen LogP contribution in [0.1, 0.15) is 11.1 Å². The molecule has 0 fully saturated rings. The topological polar surface area (TPSA) is 64.1 Å². The standard InChI is InChI=1S/C44H29N3O/c45-39-25-21-30-19-18-29-20-22-31(26-38(29)43(30)44(39)46)47(32-23-24-37-36-15-7-9-17-41(36)48-42(37)27-32)40-16-8-6-14-35(40)34-13-5-4-12-33(34)28-10-2-1-3-11-28/h1-27,45-46H. The van der Waals surface area contributed by atoms with Crippen molar-refractivity contribution in [1.29, 1.82) is 10.8 Å². The average molecular weight is 616 g/mol. The van der Waals surface area contributed by atoms with Crippen molar-refractivity contribution in [1.82, 2.24) is 0 Å². The van der Waals surface area contributed by atoms with Gasteiger partial charge in [0, 0.05) is 39.3 Å². The summed E-state index contributed by atoms with van der Waals surface area (Å²) in [7, 11) is 0. The van der Waals surface area contributed by atoms with Gasteiger partial charge in [-0.1, -0.05) is 115 Å². The minimum absolute atomic E-state index is 0.218. The molecule has 0 spiro atoms. The third kappa shape index (κ3) is 4.46. The number of hydrogen-bond acceptors (Lipinski definition) is 4. The van der Waals surface area contributed by atoms with Crippen LogP contribution in [0, 0.1) is 10.8 Å². The van der Waals surface area contributed by atoms with Crippen LogP contribution in [0.4, 0.5) is 17.1 Å². The van der Waals surface area contributed by atoms with Gasteiger partial charge in [-0.2, -0.15) is 0 Å². The quantitative estimate of drug-likeness (QED) is 0.202. The molecule has 0 saturated carbocycles. The Bertz CT molecular complexity index is 2610. The highest BCUT2D eigenvalue weighted by Gasteiger charge is 2.23. The van der Waals surface area contributed by atoms with Crippen molar-refractivity contribution >= 4 is 67.3 Å². The lowest BCUT2D eigenvalue weighted by Crippen LogP contribution is -2.16. The molecule has 0 atom stereocenters. The minimum Gasteiger partial charge on any atom is -0.456 e. The van der Waals surface area contributed by atoms with Crippen LogP contribution < -0.4 is 4.90 Å². The molecule has 0 radical (unpaired) electrons. The van der Waals surface area contributed by atoms with Crippen molar-refractivity contribution in [2.45, 2.75) is 0 Å². The van der Waals surface area contributed by atoms with Crippen molar-refractivity contribution in [2.75, 3.05) is 4.90 Å². The van der Waals surface area contributed by atoms with Gasteiger partial charge >= 0.3 is 0 Å². The van der Waals surface area contributed by atoms with E-state index in [0.717, 1.165) is 83.2 Å². The number of allylic oxidation sites excluding steroid dienone is 1. The number of nitrogens with zero attached hydrogens (tertiary/aromatic N) is 1. The highest BCUT2D eigenvalue weighted by molar-refractivity contribution is 6.53. The lowest BCUT2D eigenvalue weighted by atomic mass is 9.89. The second-order valence-electron chi connectivity index (χ2n) is 12.1. The van der Waals surface area contributed by atoms with Crippen LogP contribution in [0.2, 0.25) is 0 Å². The Morgan fingerprint density at radius 3 is 2.02 bits per heavy atom. The smallest absolute Gasteiger partial charge is 0.137 e. The number of anilines is 3. The minimum atomic E-state index is 0.218. The van der Waals surface area contributed by atoms with Crippen molar-refractivity contribution in [3.05, 3.63) is 169 Å². The Morgan fingerprint density at radius 2 is 1.15 bits per heavy atom. The molecular formula is C44H29N3O. The van der Waals surface area contributed by atoms with Crippen LogP contribution >= 0.6 is 0 Å². The van der Waals surface area contributed by atoms with Gasteiger partial charge in [-0.25, -0.2) is 0 Å². The van der Waals surface area contributed by atoms with Crippen LogP contribution in [0.25, 0.3) is 61.0 Å². The van der Waals surface area contributed by atoms with Gasteiger partial charge in [0.15, 0.2) is 0 Å². The summed E-state index contributed by atoms with van der Waals surface area (Å²) in [4.78, 5) is 2.29. The van der Waals surface area contributed by atoms with Crippen molar-refractivity contribution in [3.8, 4) is 22.3 Å². The van der Waals surface area contributed by atoms with Gasteiger partial charge in [-0.05, 0) is 75.5 Å². The molecule has 8 aromatic rings. The number of fused-ring (bicyclic) bond motifs is 6. The molecule has 1 aliphatic rings. The summed E-state index contributed by atoms with van der Waals surface area (Å²) >= 11 is 0. The van der Waals surface area contributed by atoms with E-state index in [9.17, 15) is 0 Å². The van der Waals surface area contributed by atoms with E-state index in [1.165, 1.54) is 0 Å². The van der Waals surface area contributed by atoms with E-state index in [-0.39, 0.29) is 11.4 Å². The molecule has 1 aliphatic carbocycles. The molecule has 0 amide bonds. The number of benzene rings is 7. The Hall–Kier alpha value is -6.52. The second-order valence-corrected chi connectivity index (χ2v) is 12.1. The van der Waals surface area contributed by atoms with Crippen molar-refractivity contribution < 1.29 is 4.42 Å². The predicted octanol–water partition coefficient (Wildman–Crippen LogP) is 12.0. The zero-order chi connectivity index (χ0) is 32.2. The molecule has 48 heavy (non-hydrogen) atoms. The molecule has 1 aromatic heterocycles. The Morgan fingerprint density at radius 1 is 0.479 bits per heavy atom. The third-order valence-corrected chi connectivity index (χ3v) is 9.31. The number of furan rings is 1. The van der Waals surface area contributed by atoms with Gasteiger partial charge < -0.3 is 9.32 Å². The van der Waals surface area contributed by atoms with Gasteiger partial charge in [0.25, 0.3) is 0 Å². The zero-order valence-electron chi connectivity index (χ0n) is 25.9. The Labute approximate surface area is 277 Å². The van der Waals surface area contributed by atoms with Gasteiger partial charge in [0.2, 0.25) is 0 Å². The normalized spacial score (nSPS) is 12.6. The summed E-state index contributed by atoms with van der Waals surface area (Å²) < 4.78 is 6.39. The SMILES string of the molecule is N=C1C=Cc2ccc3ccc(N(c4ccc5c(c4)oc4ccccc45)c4ccccc4-c4ccccc4-c4ccccc4)cc3c2C1=N.